The summed E-state index contributed by atoms with van der Waals surface area (Å²) in [6, 6.07) is 18.2. The molecule has 2 rings (SSSR count). The van der Waals surface area contributed by atoms with Gasteiger partial charge in [-0.2, -0.15) is 0 Å². The predicted octanol–water partition coefficient (Wildman–Crippen LogP) is 6.70. The van der Waals surface area contributed by atoms with E-state index in [2.05, 4.69) is 44.0 Å². The predicted molar refractivity (Wildman–Crippen MR) is 127 cm³/mol. The molecule has 0 amide bonds. The lowest BCUT2D eigenvalue weighted by Crippen LogP contribution is -2.27. The summed E-state index contributed by atoms with van der Waals surface area (Å²) in [4.78, 5) is 2.34. The fraction of sp³-hybridized carbons (Fsp3) is 0.231. The van der Waals surface area contributed by atoms with Crippen LogP contribution in [0.4, 0.5) is 0 Å². The van der Waals surface area contributed by atoms with Gasteiger partial charge in [0.2, 0.25) is 0 Å². The maximum absolute atomic E-state index is 6.81. The zero-order valence-electron chi connectivity index (χ0n) is 17.4. The van der Waals surface area contributed by atoms with Gasteiger partial charge >= 0.3 is 0 Å². The van der Waals surface area contributed by atoms with E-state index in [-0.39, 0.29) is 0 Å². The quantitative estimate of drug-likeness (QED) is 0.384. The fourth-order valence-corrected chi connectivity index (χ4v) is 3.44. The van der Waals surface area contributed by atoms with Crippen LogP contribution in [0.1, 0.15) is 25.0 Å². The minimum atomic E-state index is 0.640. The van der Waals surface area contributed by atoms with Gasteiger partial charge in [0.05, 0.1) is 5.03 Å². The topological polar surface area (TPSA) is 12.5 Å². The molecule has 0 heterocycles. The van der Waals surface area contributed by atoms with E-state index in [1.54, 1.807) is 12.2 Å². The molecule has 0 aliphatic rings. The van der Waals surface area contributed by atoms with Gasteiger partial charge in [-0.05, 0) is 41.9 Å². The standard InChI is InChI=1S/C26H30ClNO/c1-5-12-21(6-2)26(27)25(22-13-10-9-11-14-22)23-15-17-24(18-16-23)29-20-19-28(7-3)8-4/h5-6,9-18H,1-2,7-8,19-20H2,3-4H3/b21-12+,26-25-. The van der Waals surface area contributed by atoms with Crippen LogP contribution in [0, 0.1) is 0 Å². The van der Waals surface area contributed by atoms with Crippen LogP contribution in [0.15, 0.2) is 96.6 Å². The van der Waals surface area contributed by atoms with Crippen molar-refractivity contribution in [1.29, 1.82) is 0 Å². The summed E-state index contributed by atoms with van der Waals surface area (Å²) >= 11 is 6.81. The molecule has 2 aromatic carbocycles. The molecule has 0 spiro atoms. The largest absolute Gasteiger partial charge is 0.492 e. The third kappa shape index (κ3) is 6.49. The van der Waals surface area contributed by atoms with Crippen LogP contribution in [0.25, 0.3) is 5.57 Å². The van der Waals surface area contributed by atoms with E-state index in [1.807, 2.05) is 48.5 Å². The number of ether oxygens (including phenoxy) is 1. The van der Waals surface area contributed by atoms with E-state index < -0.39 is 0 Å². The van der Waals surface area contributed by atoms with E-state index in [0.717, 1.165) is 47.7 Å². The molecule has 0 saturated heterocycles. The lowest BCUT2D eigenvalue weighted by Gasteiger charge is -2.18. The molecular formula is C26H30ClNO. The van der Waals surface area contributed by atoms with Crippen LogP contribution in [0.3, 0.4) is 0 Å². The molecule has 0 atom stereocenters. The van der Waals surface area contributed by atoms with Gasteiger partial charge in [0.25, 0.3) is 0 Å². The van der Waals surface area contributed by atoms with Crippen molar-refractivity contribution in [3.05, 3.63) is 108 Å². The summed E-state index contributed by atoms with van der Waals surface area (Å²) in [7, 11) is 0. The van der Waals surface area contributed by atoms with Gasteiger partial charge in [0.1, 0.15) is 12.4 Å². The number of likely N-dealkylation sites (N-methyl/N-ethyl adjacent to an activating group) is 1. The maximum Gasteiger partial charge on any atom is 0.119 e. The highest BCUT2D eigenvalue weighted by atomic mass is 35.5. The summed E-state index contributed by atoms with van der Waals surface area (Å²) in [5.74, 6) is 0.856. The number of hydrogen-bond donors (Lipinski definition) is 0. The Morgan fingerprint density at radius 1 is 0.966 bits per heavy atom. The van der Waals surface area contributed by atoms with Gasteiger partial charge in [-0.1, -0.05) is 99.3 Å². The summed E-state index contributed by atoms with van der Waals surface area (Å²) in [6.07, 6.45) is 5.33. The summed E-state index contributed by atoms with van der Waals surface area (Å²) < 4.78 is 5.92. The second kappa shape index (κ2) is 12.1. The Bertz CT molecular complexity index is 846. The van der Waals surface area contributed by atoms with Crippen molar-refractivity contribution in [1.82, 2.24) is 4.90 Å². The first-order valence-electron chi connectivity index (χ1n) is 10.0. The van der Waals surface area contributed by atoms with E-state index >= 15 is 0 Å². The molecule has 0 saturated carbocycles. The Morgan fingerprint density at radius 3 is 2.14 bits per heavy atom. The summed E-state index contributed by atoms with van der Waals surface area (Å²) in [6.45, 7) is 15.7. The highest BCUT2D eigenvalue weighted by molar-refractivity contribution is 6.36. The van der Waals surface area contributed by atoms with Crippen molar-refractivity contribution < 1.29 is 4.74 Å². The number of hydrogen-bond acceptors (Lipinski definition) is 2. The Balaban J connectivity index is 2.32. The van der Waals surface area contributed by atoms with Crippen LogP contribution in [0.5, 0.6) is 5.75 Å². The third-order valence-corrected chi connectivity index (χ3v) is 5.17. The second-order valence-corrected chi connectivity index (χ2v) is 6.89. The maximum atomic E-state index is 6.81. The molecule has 0 aliphatic heterocycles. The normalized spacial score (nSPS) is 12.5. The highest BCUT2D eigenvalue weighted by Crippen LogP contribution is 2.34. The molecular weight excluding hydrogens is 378 g/mol. The van der Waals surface area contributed by atoms with Crippen molar-refractivity contribution in [3.8, 4) is 5.75 Å². The lowest BCUT2D eigenvalue weighted by atomic mass is 9.95. The molecule has 2 aromatic rings. The number of allylic oxidation sites excluding steroid dienone is 5. The first-order chi connectivity index (χ1) is 14.1. The molecule has 0 unspecified atom stereocenters. The zero-order chi connectivity index (χ0) is 21.1. The molecule has 152 valence electrons. The minimum absolute atomic E-state index is 0.640. The number of rotatable bonds is 11. The van der Waals surface area contributed by atoms with Crippen molar-refractivity contribution in [3.63, 3.8) is 0 Å². The lowest BCUT2D eigenvalue weighted by molar-refractivity contribution is 0.223. The average Bonchev–Trinajstić information content (AvgIpc) is 2.77. The van der Waals surface area contributed by atoms with Crippen molar-refractivity contribution in [2.24, 2.45) is 0 Å². The summed E-state index contributed by atoms with van der Waals surface area (Å²) in [5, 5.41) is 0.640. The number of halogens is 1. The Labute approximate surface area is 180 Å². The van der Waals surface area contributed by atoms with Gasteiger partial charge in [0, 0.05) is 12.1 Å². The minimum Gasteiger partial charge on any atom is -0.492 e. The molecule has 0 aliphatic carbocycles. The van der Waals surface area contributed by atoms with Gasteiger partial charge in [-0.3, -0.25) is 0 Å². The average molecular weight is 408 g/mol. The van der Waals surface area contributed by atoms with Crippen LogP contribution >= 0.6 is 11.6 Å². The number of benzene rings is 2. The zero-order valence-corrected chi connectivity index (χ0v) is 18.2. The van der Waals surface area contributed by atoms with E-state index in [9.17, 15) is 0 Å². The Hall–Kier alpha value is -2.55. The molecule has 2 nitrogen and oxygen atoms in total. The van der Waals surface area contributed by atoms with Crippen LogP contribution in [0.2, 0.25) is 0 Å². The second-order valence-electron chi connectivity index (χ2n) is 6.52. The highest BCUT2D eigenvalue weighted by Gasteiger charge is 2.13. The fourth-order valence-electron chi connectivity index (χ4n) is 3.08. The van der Waals surface area contributed by atoms with Crippen LogP contribution in [-0.2, 0) is 0 Å². The first kappa shape index (κ1) is 22.7. The molecule has 3 heteroatoms. The van der Waals surface area contributed by atoms with Crippen LogP contribution < -0.4 is 4.74 Å². The Kier molecular flexibility index (Phi) is 9.49. The Morgan fingerprint density at radius 2 is 1.59 bits per heavy atom. The van der Waals surface area contributed by atoms with Gasteiger partial charge in [0.15, 0.2) is 0 Å². The number of nitrogens with zero attached hydrogens (tertiary/aromatic N) is 1. The molecule has 0 fully saturated rings. The molecule has 0 radical (unpaired) electrons. The smallest absolute Gasteiger partial charge is 0.119 e. The molecule has 0 N–H and O–H groups in total. The SMILES string of the molecule is C=C/C=C(C=C)/C(Cl)=C(\c1ccccc1)c1ccc(OCCN(CC)CC)cc1. The first-order valence-corrected chi connectivity index (χ1v) is 10.4. The molecule has 0 bridgehead atoms. The molecule has 29 heavy (non-hydrogen) atoms. The van der Waals surface area contributed by atoms with Crippen molar-refractivity contribution in [2.75, 3.05) is 26.2 Å². The monoisotopic (exact) mass is 407 g/mol. The van der Waals surface area contributed by atoms with Crippen molar-refractivity contribution >= 4 is 17.2 Å². The summed E-state index contributed by atoms with van der Waals surface area (Å²) in [5.41, 5.74) is 3.86. The van der Waals surface area contributed by atoms with E-state index in [1.165, 1.54) is 0 Å². The van der Waals surface area contributed by atoms with Crippen molar-refractivity contribution in [2.45, 2.75) is 13.8 Å². The van der Waals surface area contributed by atoms with Gasteiger partial charge in [-0.15, -0.1) is 0 Å². The third-order valence-electron chi connectivity index (χ3n) is 4.77. The van der Waals surface area contributed by atoms with E-state index in [0.29, 0.717) is 11.6 Å². The van der Waals surface area contributed by atoms with Gasteiger partial charge in [-0.25, -0.2) is 0 Å². The molecule has 0 aromatic heterocycles. The van der Waals surface area contributed by atoms with E-state index in [4.69, 9.17) is 16.3 Å². The van der Waals surface area contributed by atoms with Gasteiger partial charge < -0.3 is 9.64 Å². The van der Waals surface area contributed by atoms with Crippen LogP contribution in [-0.4, -0.2) is 31.1 Å².